The third-order valence-corrected chi connectivity index (χ3v) is 3.05. The van der Waals surface area contributed by atoms with E-state index < -0.39 is 0 Å². The number of aryl methyl sites for hydroxylation is 1. The number of likely N-dealkylation sites (N-methyl/N-ethyl adjacent to an activating group) is 2. The summed E-state index contributed by atoms with van der Waals surface area (Å²) in [5.74, 6) is 0.977. The van der Waals surface area contributed by atoms with Crippen LogP contribution in [0, 0.1) is 12.3 Å². The molecule has 0 radical (unpaired) electrons. The third kappa shape index (κ3) is 4.21. The smallest absolute Gasteiger partial charge is 0.129 e. The van der Waals surface area contributed by atoms with Gasteiger partial charge < -0.3 is 15.5 Å². The van der Waals surface area contributed by atoms with Crippen molar-refractivity contribution in [1.82, 2.24) is 9.88 Å². The summed E-state index contributed by atoms with van der Waals surface area (Å²) in [5, 5.41) is 7.57. The number of nitrogens with one attached hydrogen (secondary N) is 1. The SMILES string of the molecule is CCN(c1cc(C(=N)N)cc(C)n1)C(C)CN(C)C. The molecule has 106 valence electrons. The van der Waals surface area contributed by atoms with E-state index in [-0.39, 0.29) is 5.84 Å². The Morgan fingerprint density at radius 2 is 2.05 bits per heavy atom. The molecule has 1 heterocycles. The molecular formula is C14H25N5. The highest BCUT2D eigenvalue weighted by molar-refractivity contribution is 5.95. The van der Waals surface area contributed by atoms with Gasteiger partial charge in [0.2, 0.25) is 0 Å². The van der Waals surface area contributed by atoms with E-state index in [0.29, 0.717) is 6.04 Å². The lowest BCUT2D eigenvalue weighted by molar-refractivity contribution is 0.372. The van der Waals surface area contributed by atoms with Gasteiger partial charge in [-0.05, 0) is 47.0 Å². The van der Waals surface area contributed by atoms with Crippen LogP contribution in [0.4, 0.5) is 5.82 Å². The molecule has 0 spiro atoms. The van der Waals surface area contributed by atoms with Gasteiger partial charge in [0.1, 0.15) is 11.7 Å². The first-order valence-corrected chi connectivity index (χ1v) is 6.59. The molecule has 1 aromatic heterocycles. The molecule has 0 aliphatic heterocycles. The van der Waals surface area contributed by atoms with Crippen LogP contribution in [0.2, 0.25) is 0 Å². The maximum atomic E-state index is 7.57. The second kappa shape index (κ2) is 6.52. The third-order valence-electron chi connectivity index (χ3n) is 3.05. The first kappa shape index (κ1) is 15.4. The van der Waals surface area contributed by atoms with Gasteiger partial charge in [-0.25, -0.2) is 4.98 Å². The summed E-state index contributed by atoms with van der Waals surface area (Å²) in [4.78, 5) is 8.97. The van der Waals surface area contributed by atoms with Crippen molar-refractivity contribution in [3.8, 4) is 0 Å². The van der Waals surface area contributed by atoms with E-state index in [1.165, 1.54) is 0 Å². The Bertz CT molecular complexity index is 441. The standard InChI is InChI=1S/C14H25N5/c1-6-19(11(3)9-18(4)5)13-8-12(14(15)16)7-10(2)17-13/h7-8,11H,6,9H2,1-5H3,(H3,15,16). The Kier molecular flexibility index (Phi) is 5.30. The number of nitrogens with two attached hydrogens (primary N) is 1. The Morgan fingerprint density at radius 3 is 2.53 bits per heavy atom. The van der Waals surface area contributed by atoms with Gasteiger partial charge in [0.25, 0.3) is 0 Å². The number of aromatic nitrogens is 1. The van der Waals surface area contributed by atoms with Crippen LogP contribution >= 0.6 is 0 Å². The number of anilines is 1. The zero-order valence-electron chi connectivity index (χ0n) is 12.6. The predicted octanol–water partition coefficient (Wildman–Crippen LogP) is 1.45. The van der Waals surface area contributed by atoms with Crippen LogP contribution in [0.1, 0.15) is 25.1 Å². The van der Waals surface area contributed by atoms with Crippen LogP contribution in [0.15, 0.2) is 12.1 Å². The van der Waals surface area contributed by atoms with E-state index in [2.05, 4.69) is 42.7 Å². The highest BCUT2D eigenvalue weighted by Gasteiger charge is 2.16. The van der Waals surface area contributed by atoms with Crippen LogP contribution in [-0.2, 0) is 0 Å². The number of nitrogen functional groups attached to an aromatic ring is 1. The average Bonchev–Trinajstić information content (AvgIpc) is 2.27. The van der Waals surface area contributed by atoms with Gasteiger partial charge in [0.15, 0.2) is 0 Å². The van der Waals surface area contributed by atoms with Gasteiger partial charge in [-0.15, -0.1) is 0 Å². The van der Waals surface area contributed by atoms with E-state index in [1.54, 1.807) is 0 Å². The van der Waals surface area contributed by atoms with Crippen LogP contribution in [0.25, 0.3) is 0 Å². The largest absolute Gasteiger partial charge is 0.384 e. The minimum atomic E-state index is 0.0862. The van der Waals surface area contributed by atoms with Gasteiger partial charge >= 0.3 is 0 Å². The van der Waals surface area contributed by atoms with Crippen LogP contribution in [-0.4, -0.2) is 48.9 Å². The summed E-state index contributed by atoms with van der Waals surface area (Å²) in [6.07, 6.45) is 0. The summed E-state index contributed by atoms with van der Waals surface area (Å²) in [6, 6.07) is 4.09. The molecule has 0 amide bonds. The Hall–Kier alpha value is -1.62. The molecule has 1 rings (SSSR count). The number of rotatable bonds is 6. The molecule has 5 heteroatoms. The van der Waals surface area contributed by atoms with E-state index in [9.17, 15) is 0 Å². The molecule has 0 aliphatic rings. The Balaban J connectivity index is 3.07. The van der Waals surface area contributed by atoms with Gasteiger partial charge in [0, 0.05) is 30.4 Å². The molecule has 0 saturated heterocycles. The molecule has 0 aromatic carbocycles. The lowest BCUT2D eigenvalue weighted by Crippen LogP contribution is -2.40. The normalized spacial score (nSPS) is 12.5. The van der Waals surface area contributed by atoms with Crippen molar-refractivity contribution in [1.29, 1.82) is 5.41 Å². The molecule has 1 unspecified atom stereocenters. The lowest BCUT2D eigenvalue weighted by Gasteiger charge is -2.31. The minimum Gasteiger partial charge on any atom is -0.384 e. The van der Waals surface area contributed by atoms with E-state index in [0.717, 1.165) is 30.2 Å². The van der Waals surface area contributed by atoms with Crippen LogP contribution < -0.4 is 10.6 Å². The average molecular weight is 263 g/mol. The second-order valence-electron chi connectivity index (χ2n) is 5.17. The first-order chi connectivity index (χ1) is 8.85. The fourth-order valence-corrected chi connectivity index (χ4v) is 2.28. The number of hydrogen-bond donors (Lipinski definition) is 2. The van der Waals surface area contributed by atoms with Crippen molar-refractivity contribution < 1.29 is 0 Å². The van der Waals surface area contributed by atoms with Crippen LogP contribution in [0.3, 0.4) is 0 Å². The monoisotopic (exact) mass is 263 g/mol. The lowest BCUT2D eigenvalue weighted by atomic mass is 10.2. The highest BCUT2D eigenvalue weighted by Crippen LogP contribution is 2.17. The molecule has 0 bridgehead atoms. The molecule has 0 saturated carbocycles. The molecule has 0 fully saturated rings. The van der Waals surface area contributed by atoms with Crippen molar-refractivity contribution in [3.05, 3.63) is 23.4 Å². The van der Waals surface area contributed by atoms with Gasteiger partial charge in [-0.1, -0.05) is 0 Å². The number of hydrogen-bond acceptors (Lipinski definition) is 4. The minimum absolute atomic E-state index is 0.0862. The summed E-state index contributed by atoms with van der Waals surface area (Å²) in [7, 11) is 4.13. The molecule has 0 aliphatic carbocycles. The summed E-state index contributed by atoms with van der Waals surface area (Å²) < 4.78 is 0. The Morgan fingerprint density at radius 1 is 1.42 bits per heavy atom. The Labute approximate surface area is 115 Å². The summed E-state index contributed by atoms with van der Waals surface area (Å²) >= 11 is 0. The van der Waals surface area contributed by atoms with Gasteiger partial charge in [0.05, 0.1) is 0 Å². The van der Waals surface area contributed by atoms with Crippen molar-refractivity contribution in [3.63, 3.8) is 0 Å². The van der Waals surface area contributed by atoms with Crippen LogP contribution in [0.5, 0.6) is 0 Å². The fraction of sp³-hybridized carbons (Fsp3) is 0.571. The maximum Gasteiger partial charge on any atom is 0.129 e. The zero-order chi connectivity index (χ0) is 14.6. The topological polar surface area (TPSA) is 69.2 Å². The van der Waals surface area contributed by atoms with E-state index in [4.69, 9.17) is 11.1 Å². The fourth-order valence-electron chi connectivity index (χ4n) is 2.28. The molecule has 1 atom stereocenters. The number of amidine groups is 1. The highest BCUT2D eigenvalue weighted by atomic mass is 15.2. The predicted molar refractivity (Wildman–Crippen MR) is 81.0 cm³/mol. The quantitative estimate of drug-likeness (QED) is 0.602. The molecule has 3 N–H and O–H groups in total. The van der Waals surface area contributed by atoms with Gasteiger partial charge in [-0.2, -0.15) is 0 Å². The first-order valence-electron chi connectivity index (χ1n) is 6.59. The summed E-state index contributed by atoms with van der Waals surface area (Å²) in [6.45, 7) is 8.06. The maximum absolute atomic E-state index is 7.57. The molecule has 19 heavy (non-hydrogen) atoms. The van der Waals surface area contributed by atoms with Gasteiger partial charge in [-0.3, -0.25) is 5.41 Å². The molecule has 5 nitrogen and oxygen atoms in total. The van der Waals surface area contributed by atoms with E-state index in [1.807, 2.05) is 19.1 Å². The van der Waals surface area contributed by atoms with Crippen molar-refractivity contribution in [2.24, 2.45) is 5.73 Å². The number of nitrogens with zero attached hydrogens (tertiary/aromatic N) is 3. The zero-order valence-corrected chi connectivity index (χ0v) is 12.6. The molecule has 1 aromatic rings. The van der Waals surface area contributed by atoms with Crippen molar-refractivity contribution in [2.75, 3.05) is 32.1 Å². The van der Waals surface area contributed by atoms with E-state index >= 15 is 0 Å². The summed E-state index contributed by atoms with van der Waals surface area (Å²) in [5.41, 5.74) is 7.20. The number of pyridine rings is 1. The molecular weight excluding hydrogens is 238 g/mol. The van der Waals surface area contributed by atoms with Crippen molar-refractivity contribution in [2.45, 2.75) is 26.8 Å². The van der Waals surface area contributed by atoms with Crippen molar-refractivity contribution >= 4 is 11.7 Å². The second-order valence-corrected chi connectivity index (χ2v) is 5.17.